The zero-order valence-electron chi connectivity index (χ0n) is 15.7. The number of hydrogen-bond acceptors (Lipinski definition) is 7. The van der Waals surface area contributed by atoms with Gasteiger partial charge in [-0.25, -0.2) is 9.97 Å². The molecular weight excluding hydrogens is 344 g/mol. The monoisotopic (exact) mass is 368 g/mol. The fourth-order valence-corrected chi connectivity index (χ4v) is 3.39. The second-order valence-electron chi connectivity index (χ2n) is 6.71. The third-order valence-electron chi connectivity index (χ3n) is 4.76. The summed E-state index contributed by atoms with van der Waals surface area (Å²) in [5.41, 5.74) is 3.99. The van der Waals surface area contributed by atoms with E-state index in [1.54, 1.807) is 13.4 Å². The molecule has 1 aromatic carbocycles. The average Bonchev–Trinajstić information content (AvgIpc) is 3.12. The predicted molar refractivity (Wildman–Crippen MR) is 103 cm³/mol. The van der Waals surface area contributed by atoms with E-state index in [2.05, 4.69) is 27.9 Å². The van der Waals surface area contributed by atoms with Gasteiger partial charge in [-0.15, -0.1) is 0 Å². The molecule has 142 valence electrons. The van der Waals surface area contributed by atoms with Crippen molar-refractivity contribution in [3.63, 3.8) is 0 Å². The summed E-state index contributed by atoms with van der Waals surface area (Å²) >= 11 is 0. The van der Waals surface area contributed by atoms with Crippen LogP contribution in [0, 0.1) is 0 Å². The fraction of sp³-hybridized carbons (Fsp3) is 0.450. The van der Waals surface area contributed by atoms with E-state index in [9.17, 15) is 0 Å². The molecule has 0 spiro atoms. The number of fused-ring (bicyclic) bond motifs is 1. The van der Waals surface area contributed by atoms with Gasteiger partial charge in [0.1, 0.15) is 24.5 Å². The molecule has 0 N–H and O–H groups in total. The SMILES string of the molecule is COCCOc1ccc2c(c1)C(c1cc(N3CCO[C@H](C)C3)ncn1)=NC2. The summed E-state index contributed by atoms with van der Waals surface area (Å²) in [6.07, 6.45) is 1.82. The lowest BCUT2D eigenvalue weighted by atomic mass is 10.0. The average molecular weight is 368 g/mol. The highest BCUT2D eigenvalue weighted by molar-refractivity contribution is 6.14. The van der Waals surface area contributed by atoms with Crippen LogP contribution in [0.5, 0.6) is 5.75 Å². The number of methoxy groups -OCH3 is 1. The van der Waals surface area contributed by atoms with Gasteiger partial charge in [0.2, 0.25) is 0 Å². The van der Waals surface area contributed by atoms with Crippen LogP contribution in [0.3, 0.4) is 0 Å². The number of morpholine rings is 1. The number of aromatic nitrogens is 2. The normalized spacial score (nSPS) is 19.0. The summed E-state index contributed by atoms with van der Waals surface area (Å²) in [6.45, 7) is 6.21. The van der Waals surface area contributed by atoms with Gasteiger partial charge >= 0.3 is 0 Å². The number of ether oxygens (including phenoxy) is 3. The van der Waals surface area contributed by atoms with Crippen LogP contribution in [0.1, 0.15) is 23.7 Å². The van der Waals surface area contributed by atoms with Crippen LogP contribution in [-0.2, 0) is 16.0 Å². The summed E-state index contributed by atoms with van der Waals surface area (Å²) in [4.78, 5) is 15.9. The van der Waals surface area contributed by atoms with Gasteiger partial charge in [0.05, 0.1) is 37.3 Å². The minimum Gasteiger partial charge on any atom is -0.491 e. The van der Waals surface area contributed by atoms with E-state index < -0.39 is 0 Å². The van der Waals surface area contributed by atoms with Gasteiger partial charge in [0.25, 0.3) is 0 Å². The number of benzene rings is 1. The molecule has 0 unspecified atom stereocenters. The van der Waals surface area contributed by atoms with Crippen molar-refractivity contribution in [1.29, 1.82) is 0 Å². The van der Waals surface area contributed by atoms with Crippen LogP contribution in [-0.4, -0.2) is 61.8 Å². The minimum atomic E-state index is 0.202. The summed E-state index contributed by atoms with van der Waals surface area (Å²) in [7, 11) is 1.67. The van der Waals surface area contributed by atoms with Gasteiger partial charge < -0.3 is 19.1 Å². The second-order valence-corrected chi connectivity index (χ2v) is 6.71. The molecular formula is C20H24N4O3. The molecule has 1 saturated heterocycles. The van der Waals surface area contributed by atoms with Crippen LogP contribution in [0.4, 0.5) is 5.82 Å². The molecule has 2 aromatic rings. The first-order valence-corrected chi connectivity index (χ1v) is 9.23. The molecule has 27 heavy (non-hydrogen) atoms. The van der Waals surface area contributed by atoms with E-state index in [0.717, 1.165) is 41.6 Å². The Labute approximate surface area is 159 Å². The van der Waals surface area contributed by atoms with Crippen molar-refractivity contribution in [2.45, 2.75) is 19.6 Å². The van der Waals surface area contributed by atoms with Crippen molar-refractivity contribution in [2.75, 3.05) is 44.9 Å². The molecule has 0 bridgehead atoms. The highest BCUT2D eigenvalue weighted by atomic mass is 16.5. The van der Waals surface area contributed by atoms with Crippen LogP contribution >= 0.6 is 0 Å². The van der Waals surface area contributed by atoms with E-state index in [0.29, 0.717) is 26.4 Å². The number of rotatable bonds is 6. The number of hydrogen-bond donors (Lipinski definition) is 0. The quantitative estimate of drug-likeness (QED) is 0.727. The molecule has 0 radical (unpaired) electrons. The Kier molecular flexibility index (Phi) is 5.31. The van der Waals surface area contributed by atoms with Gasteiger partial charge in [-0.1, -0.05) is 6.07 Å². The molecule has 1 atom stereocenters. The Balaban J connectivity index is 1.57. The minimum absolute atomic E-state index is 0.202. The fourth-order valence-electron chi connectivity index (χ4n) is 3.39. The van der Waals surface area contributed by atoms with E-state index in [-0.39, 0.29) is 6.10 Å². The van der Waals surface area contributed by atoms with Crippen molar-refractivity contribution < 1.29 is 14.2 Å². The third-order valence-corrected chi connectivity index (χ3v) is 4.76. The zero-order chi connectivity index (χ0) is 18.6. The highest BCUT2D eigenvalue weighted by Gasteiger charge is 2.22. The van der Waals surface area contributed by atoms with Crippen molar-refractivity contribution in [1.82, 2.24) is 9.97 Å². The van der Waals surface area contributed by atoms with E-state index >= 15 is 0 Å². The molecule has 2 aliphatic rings. The molecule has 0 aliphatic carbocycles. The molecule has 4 rings (SSSR count). The second kappa shape index (κ2) is 8.02. The van der Waals surface area contributed by atoms with Gasteiger partial charge in [-0.05, 0) is 24.6 Å². The van der Waals surface area contributed by atoms with Crippen LogP contribution in [0.25, 0.3) is 0 Å². The Morgan fingerprint density at radius 3 is 3.00 bits per heavy atom. The van der Waals surface area contributed by atoms with Crippen molar-refractivity contribution in [3.8, 4) is 5.75 Å². The predicted octanol–water partition coefficient (Wildman–Crippen LogP) is 2.08. The van der Waals surface area contributed by atoms with E-state index in [1.165, 1.54) is 5.56 Å². The number of nitrogens with zero attached hydrogens (tertiary/aromatic N) is 4. The van der Waals surface area contributed by atoms with Gasteiger partial charge in [0.15, 0.2) is 0 Å². The molecule has 0 saturated carbocycles. The maximum atomic E-state index is 5.75. The molecule has 2 aliphatic heterocycles. The lowest BCUT2D eigenvalue weighted by Gasteiger charge is -2.32. The van der Waals surface area contributed by atoms with E-state index in [1.807, 2.05) is 18.2 Å². The standard InChI is InChI=1S/C20H24N4O3/c1-14-12-24(5-6-26-14)19-10-18(22-13-23-19)20-17-9-16(27-8-7-25-2)4-3-15(17)11-21-20/h3-4,9-10,13-14H,5-8,11-12H2,1-2H3/t14-/m1/s1. The molecule has 1 aromatic heterocycles. The molecule has 7 heteroatoms. The van der Waals surface area contributed by atoms with Gasteiger partial charge in [-0.3, -0.25) is 4.99 Å². The Bertz CT molecular complexity index is 840. The van der Waals surface area contributed by atoms with Crippen molar-refractivity contribution >= 4 is 11.5 Å². The third kappa shape index (κ3) is 3.94. The number of aliphatic imine (C=N–C) groups is 1. The summed E-state index contributed by atoms with van der Waals surface area (Å²) in [6, 6.07) is 8.10. The smallest absolute Gasteiger partial charge is 0.132 e. The maximum Gasteiger partial charge on any atom is 0.132 e. The number of anilines is 1. The lowest BCUT2D eigenvalue weighted by molar-refractivity contribution is 0.0529. The van der Waals surface area contributed by atoms with Crippen LogP contribution < -0.4 is 9.64 Å². The zero-order valence-corrected chi connectivity index (χ0v) is 15.7. The van der Waals surface area contributed by atoms with Crippen molar-refractivity contribution in [3.05, 3.63) is 47.4 Å². The highest BCUT2D eigenvalue weighted by Crippen LogP contribution is 2.27. The molecule has 0 amide bonds. The topological polar surface area (TPSA) is 69.1 Å². The Morgan fingerprint density at radius 2 is 2.15 bits per heavy atom. The molecule has 3 heterocycles. The van der Waals surface area contributed by atoms with Gasteiger partial charge in [-0.2, -0.15) is 0 Å². The van der Waals surface area contributed by atoms with Crippen LogP contribution in [0.2, 0.25) is 0 Å². The summed E-state index contributed by atoms with van der Waals surface area (Å²) in [5, 5.41) is 0. The lowest BCUT2D eigenvalue weighted by Crippen LogP contribution is -2.41. The Morgan fingerprint density at radius 1 is 1.22 bits per heavy atom. The van der Waals surface area contributed by atoms with Crippen LogP contribution in [0.15, 0.2) is 35.6 Å². The largest absolute Gasteiger partial charge is 0.491 e. The molecule has 7 nitrogen and oxygen atoms in total. The van der Waals surface area contributed by atoms with Crippen molar-refractivity contribution in [2.24, 2.45) is 4.99 Å². The first kappa shape index (κ1) is 17.9. The Hall–Kier alpha value is -2.51. The first-order valence-electron chi connectivity index (χ1n) is 9.23. The summed E-state index contributed by atoms with van der Waals surface area (Å²) in [5.74, 6) is 1.73. The molecule has 1 fully saturated rings. The first-order chi connectivity index (χ1) is 13.2. The summed E-state index contributed by atoms with van der Waals surface area (Å²) < 4.78 is 16.4. The van der Waals surface area contributed by atoms with Gasteiger partial charge in [0, 0.05) is 31.8 Å². The maximum absolute atomic E-state index is 5.75. The van der Waals surface area contributed by atoms with E-state index in [4.69, 9.17) is 19.2 Å².